The summed E-state index contributed by atoms with van der Waals surface area (Å²) in [6.07, 6.45) is 3.51. The van der Waals surface area contributed by atoms with E-state index in [1.165, 1.54) is 18.9 Å². The van der Waals surface area contributed by atoms with Crippen molar-refractivity contribution in [2.45, 2.75) is 32.5 Å². The van der Waals surface area contributed by atoms with E-state index in [9.17, 15) is 9.59 Å². The summed E-state index contributed by atoms with van der Waals surface area (Å²) in [5.41, 5.74) is 4.37. The second-order valence-corrected chi connectivity index (χ2v) is 10.2. The third kappa shape index (κ3) is 6.28. The number of ether oxygens (including phenoxy) is 3. The van der Waals surface area contributed by atoms with Crippen molar-refractivity contribution in [2.24, 2.45) is 4.99 Å². The molecule has 2 aliphatic rings. The fourth-order valence-electron chi connectivity index (χ4n) is 4.70. The summed E-state index contributed by atoms with van der Waals surface area (Å²) in [6.45, 7) is 2.54. The van der Waals surface area contributed by atoms with Gasteiger partial charge >= 0.3 is 5.97 Å². The van der Waals surface area contributed by atoms with Crippen LogP contribution in [0.15, 0.2) is 100 Å². The van der Waals surface area contributed by atoms with Crippen molar-refractivity contribution in [3.05, 3.63) is 112 Å². The maximum absolute atomic E-state index is 13.1. The third-order valence-electron chi connectivity index (χ3n) is 6.70. The first-order valence-corrected chi connectivity index (χ1v) is 13.9. The van der Waals surface area contributed by atoms with Gasteiger partial charge in [0, 0.05) is 24.6 Å². The number of amides is 1. The van der Waals surface area contributed by atoms with Gasteiger partial charge in [-0.2, -0.15) is 0 Å². The number of pyridine rings is 1. The molecule has 1 N–H and O–H groups in total. The van der Waals surface area contributed by atoms with Gasteiger partial charge in [-0.1, -0.05) is 54.2 Å². The molecule has 3 heterocycles. The Labute approximate surface area is 242 Å². The molecule has 10 heteroatoms. The van der Waals surface area contributed by atoms with E-state index in [1.807, 2.05) is 71.0 Å². The molecule has 1 unspecified atom stereocenters. The largest absolute Gasteiger partial charge is 0.493 e. The SMILES string of the molecule is COC(=O)C1=C(C)N=C2SC=C(CC(=O)NCc3cccnc3)N2C1c1ccc(OCc2ccccc2)c(OC)c1. The van der Waals surface area contributed by atoms with E-state index in [4.69, 9.17) is 14.2 Å². The molecule has 0 aliphatic carbocycles. The monoisotopic (exact) mass is 570 g/mol. The average Bonchev–Trinajstić information content (AvgIpc) is 3.40. The van der Waals surface area contributed by atoms with E-state index in [0.29, 0.717) is 41.1 Å². The molecule has 210 valence electrons. The number of aromatic nitrogens is 1. The van der Waals surface area contributed by atoms with Gasteiger partial charge in [-0.05, 0) is 47.2 Å². The van der Waals surface area contributed by atoms with Gasteiger partial charge in [0.15, 0.2) is 16.7 Å². The second-order valence-electron chi connectivity index (χ2n) is 9.38. The van der Waals surface area contributed by atoms with Crippen LogP contribution in [0.1, 0.15) is 36.1 Å². The Bertz CT molecular complexity index is 1520. The Balaban J connectivity index is 1.42. The van der Waals surface area contributed by atoms with E-state index in [1.54, 1.807) is 26.4 Å². The minimum atomic E-state index is -0.584. The molecule has 0 radical (unpaired) electrons. The number of thioether (sulfide) groups is 1. The van der Waals surface area contributed by atoms with Crippen LogP contribution in [0.2, 0.25) is 0 Å². The van der Waals surface area contributed by atoms with Gasteiger partial charge in [0.05, 0.1) is 38.0 Å². The molecule has 3 aromatic rings. The molecule has 2 aliphatic heterocycles. The Morgan fingerprint density at radius 2 is 1.83 bits per heavy atom. The zero-order valence-electron chi connectivity index (χ0n) is 23.0. The highest BCUT2D eigenvalue weighted by atomic mass is 32.2. The zero-order chi connectivity index (χ0) is 28.8. The standard InChI is InChI=1S/C31H30N4O5S/c1-20-28(30(37)39-3)29(23-11-12-25(26(14-23)38-2)40-18-21-8-5-4-6-9-21)35-24(19-41-31(35)34-20)15-27(36)33-17-22-10-7-13-32-16-22/h4-14,16,19,29H,15,17-18H2,1-3H3,(H,33,36). The summed E-state index contributed by atoms with van der Waals surface area (Å²) in [4.78, 5) is 36.7. The molecule has 1 atom stereocenters. The Morgan fingerprint density at radius 1 is 1.02 bits per heavy atom. The van der Waals surface area contributed by atoms with Crippen molar-refractivity contribution in [3.63, 3.8) is 0 Å². The number of nitrogens with one attached hydrogen (secondary N) is 1. The molecule has 2 aromatic carbocycles. The summed E-state index contributed by atoms with van der Waals surface area (Å²) in [5.74, 6) is 0.451. The molecule has 9 nitrogen and oxygen atoms in total. The number of allylic oxidation sites excluding steroid dienone is 1. The predicted molar refractivity (Wildman–Crippen MR) is 157 cm³/mol. The maximum atomic E-state index is 13.1. The molecule has 0 fully saturated rings. The Morgan fingerprint density at radius 3 is 2.56 bits per heavy atom. The first-order chi connectivity index (χ1) is 20.0. The van der Waals surface area contributed by atoms with Crippen molar-refractivity contribution in [2.75, 3.05) is 14.2 Å². The van der Waals surface area contributed by atoms with Gasteiger partial charge in [-0.3, -0.25) is 9.78 Å². The second kappa shape index (κ2) is 12.7. The van der Waals surface area contributed by atoms with Crippen molar-refractivity contribution >= 4 is 28.8 Å². The quantitative estimate of drug-likeness (QED) is 0.335. The lowest BCUT2D eigenvalue weighted by molar-refractivity contribution is -0.136. The van der Waals surface area contributed by atoms with Gasteiger partial charge in [0.2, 0.25) is 5.91 Å². The summed E-state index contributed by atoms with van der Waals surface area (Å²) >= 11 is 1.41. The highest BCUT2D eigenvalue weighted by molar-refractivity contribution is 8.16. The topological polar surface area (TPSA) is 102 Å². The Kier molecular flexibility index (Phi) is 8.69. The zero-order valence-corrected chi connectivity index (χ0v) is 23.8. The minimum Gasteiger partial charge on any atom is -0.493 e. The van der Waals surface area contributed by atoms with Gasteiger partial charge in [-0.25, -0.2) is 9.79 Å². The smallest absolute Gasteiger partial charge is 0.338 e. The highest BCUT2D eigenvalue weighted by Gasteiger charge is 2.41. The number of hydrogen-bond donors (Lipinski definition) is 1. The average molecular weight is 571 g/mol. The normalized spacial score (nSPS) is 16.0. The molecule has 0 spiro atoms. The lowest BCUT2D eigenvalue weighted by atomic mass is 9.93. The van der Waals surface area contributed by atoms with Crippen LogP contribution in [0.3, 0.4) is 0 Å². The lowest BCUT2D eigenvalue weighted by Crippen LogP contribution is -2.37. The molecule has 1 amide bonds. The van der Waals surface area contributed by atoms with Crippen LogP contribution in [0.25, 0.3) is 0 Å². The number of fused-ring (bicyclic) bond motifs is 1. The number of carbonyl (C=O) groups is 2. The number of nitrogens with zero attached hydrogens (tertiary/aromatic N) is 3. The van der Waals surface area contributed by atoms with Gasteiger partial charge < -0.3 is 24.4 Å². The van der Waals surface area contributed by atoms with E-state index in [0.717, 1.165) is 22.4 Å². The maximum Gasteiger partial charge on any atom is 0.338 e. The van der Waals surface area contributed by atoms with Gasteiger partial charge in [0.25, 0.3) is 0 Å². The van der Waals surface area contributed by atoms with Crippen LogP contribution in [0.4, 0.5) is 0 Å². The van der Waals surface area contributed by atoms with Gasteiger partial charge in [-0.15, -0.1) is 0 Å². The van der Waals surface area contributed by atoms with Crippen LogP contribution in [0.5, 0.6) is 11.5 Å². The fourth-order valence-corrected chi connectivity index (χ4v) is 5.66. The predicted octanol–water partition coefficient (Wildman–Crippen LogP) is 5.12. The summed E-state index contributed by atoms with van der Waals surface area (Å²) in [5, 5.41) is 5.53. The van der Waals surface area contributed by atoms with E-state index in [2.05, 4.69) is 15.3 Å². The van der Waals surface area contributed by atoms with E-state index < -0.39 is 12.0 Å². The first kappa shape index (κ1) is 28.0. The van der Waals surface area contributed by atoms with Crippen molar-refractivity contribution < 1.29 is 23.8 Å². The number of carbonyl (C=O) groups excluding carboxylic acids is 2. The number of methoxy groups -OCH3 is 2. The highest BCUT2D eigenvalue weighted by Crippen LogP contribution is 2.46. The number of amidine groups is 1. The summed E-state index contributed by atoms with van der Waals surface area (Å²) in [6, 6.07) is 18.6. The molecule has 5 rings (SSSR count). The van der Waals surface area contributed by atoms with E-state index in [-0.39, 0.29) is 12.3 Å². The molecule has 0 bridgehead atoms. The lowest BCUT2D eigenvalue weighted by Gasteiger charge is -2.36. The number of aliphatic imine (C=N–C) groups is 1. The molecule has 0 saturated heterocycles. The number of benzene rings is 2. The summed E-state index contributed by atoms with van der Waals surface area (Å²) in [7, 11) is 2.93. The number of rotatable bonds is 10. The molecule has 0 saturated carbocycles. The van der Waals surface area contributed by atoms with Crippen molar-refractivity contribution in [1.29, 1.82) is 0 Å². The van der Waals surface area contributed by atoms with Crippen molar-refractivity contribution in [1.82, 2.24) is 15.2 Å². The third-order valence-corrected chi connectivity index (χ3v) is 7.59. The van der Waals surface area contributed by atoms with Gasteiger partial charge in [0.1, 0.15) is 6.61 Å². The van der Waals surface area contributed by atoms with Crippen LogP contribution in [0, 0.1) is 0 Å². The van der Waals surface area contributed by atoms with Crippen LogP contribution < -0.4 is 14.8 Å². The molecule has 41 heavy (non-hydrogen) atoms. The molecule has 1 aromatic heterocycles. The van der Waals surface area contributed by atoms with E-state index >= 15 is 0 Å². The molecular formula is C31H30N4O5S. The first-order valence-electron chi connectivity index (χ1n) is 13.0. The van der Waals surface area contributed by atoms with Crippen LogP contribution in [-0.2, 0) is 27.5 Å². The summed E-state index contributed by atoms with van der Waals surface area (Å²) < 4.78 is 16.9. The number of esters is 1. The molecular weight excluding hydrogens is 540 g/mol. The fraction of sp³-hybridized carbons (Fsp3) is 0.226. The van der Waals surface area contributed by atoms with Crippen molar-refractivity contribution in [3.8, 4) is 11.5 Å². The number of hydrogen-bond acceptors (Lipinski definition) is 9. The Hall–Kier alpha value is -4.57. The minimum absolute atomic E-state index is 0.103. The van der Waals surface area contributed by atoms with Crippen LogP contribution >= 0.6 is 11.8 Å². The van der Waals surface area contributed by atoms with Crippen LogP contribution in [-0.4, -0.2) is 41.1 Å².